The number of aromatic nitrogens is 2. The van der Waals surface area contributed by atoms with Crippen molar-refractivity contribution in [2.24, 2.45) is 0 Å². The SMILES string of the molecule is Cc1cccc2c(Br)nc(CCC(=O)O)n12. The predicted octanol–water partition coefficient (Wildman–Crippen LogP) is 2.42. The van der Waals surface area contributed by atoms with Gasteiger partial charge in [-0.05, 0) is 35.0 Å². The molecule has 0 saturated carbocycles. The highest BCUT2D eigenvalue weighted by Crippen LogP contribution is 2.21. The Labute approximate surface area is 101 Å². The Kier molecular flexibility index (Phi) is 2.96. The summed E-state index contributed by atoms with van der Waals surface area (Å²) >= 11 is 3.38. The number of halogens is 1. The molecule has 2 heterocycles. The van der Waals surface area contributed by atoms with E-state index in [0.29, 0.717) is 6.42 Å². The molecule has 2 aromatic heterocycles. The number of carbonyl (C=O) groups is 1. The second-order valence-electron chi connectivity index (χ2n) is 3.60. The first-order chi connectivity index (χ1) is 7.59. The van der Waals surface area contributed by atoms with Crippen LogP contribution in [0.3, 0.4) is 0 Å². The third kappa shape index (κ3) is 1.95. The van der Waals surface area contributed by atoms with Crippen molar-refractivity contribution < 1.29 is 9.90 Å². The number of hydrogen-bond donors (Lipinski definition) is 1. The minimum atomic E-state index is -0.804. The molecule has 4 nitrogen and oxygen atoms in total. The first kappa shape index (κ1) is 11.1. The zero-order chi connectivity index (χ0) is 11.7. The minimum Gasteiger partial charge on any atom is -0.481 e. The average Bonchev–Trinajstić information content (AvgIpc) is 2.55. The molecule has 2 rings (SSSR count). The molecule has 5 heteroatoms. The van der Waals surface area contributed by atoms with Gasteiger partial charge in [-0.25, -0.2) is 4.98 Å². The normalized spacial score (nSPS) is 10.9. The maximum absolute atomic E-state index is 10.6. The summed E-state index contributed by atoms with van der Waals surface area (Å²) in [6.45, 7) is 1.98. The summed E-state index contributed by atoms with van der Waals surface area (Å²) in [6, 6.07) is 5.89. The molecular weight excluding hydrogens is 272 g/mol. The lowest BCUT2D eigenvalue weighted by Gasteiger charge is -2.03. The number of carboxylic acids is 1. The summed E-state index contributed by atoms with van der Waals surface area (Å²) in [5.41, 5.74) is 2.02. The molecule has 0 aliphatic carbocycles. The van der Waals surface area contributed by atoms with Crippen LogP contribution in [0.4, 0.5) is 0 Å². The van der Waals surface area contributed by atoms with Crippen LogP contribution in [0.1, 0.15) is 17.9 Å². The Morgan fingerprint density at radius 1 is 1.56 bits per heavy atom. The van der Waals surface area contributed by atoms with Crippen LogP contribution in [0.5, 0.6) is 0 Å². The lowest BCUT2D eigenvalue weighted by molar-refractivity contribution is -0.137. The average molecular weight is 283 g/mol. The molecule has 0 radical (unpaired) electrons. The van der Waals surface area contributed by atoms with Gasteiger partial charge in [-0.1, -0.05) is 6.07 Å². The topological polar surface area (TPSA) is 54.6 Å². The van der Waals surface area contributed by atoms with Gasteiger partial charge in [0.1, 0.15) is 10.4 Å². The van der Waals surface area contributed by atoms with E-state index in [1.165, 1.54) is 0 Å². The Morgan fingerprint density at radius 2 is 2.31 bits per heavy atom. The molecule has 0 aromatic carbocycles. The second-order valence-corrected chi connectivity index (χ2v) is 4.35. The number of pyridine rings is 1. The second kappa shape index (κ2) is 4.25. The van der Waals surface area contributed by atoms with Crippen molar-refractivity contribution in [3.63, 3.8) is 0 Å². The highest BCUT2D eigenvalue weighted by atomic mass is 79.9. The summed E-state index contributed by atoms with van der Waals surface area (Å²) in [5, 5.41) is 8.67. The Balaban J connectivity index is 2.49. The van der Waals surface area contributed by atoms with Gasteiger partial charge in [0.25, 0.3) is 0 Å². The molecule has 0 fully saturated rings. The quantitative estimate of drug-likeness (QED) is 0.941. The third-order valence-corrected chi connectivity index (χ3v) is 3.03. The van der Waals surface area contributed by atoms with Crippen molar-refractivity contribution in [1.29, 1.82) is 0 Å². The molecular formula is C11H11BrN2O2. The van der Waals surface area contributed by atoms with E-state index in [9.17, 15) is 4.79 Å². The van der Waals surface area contributed by atoms with Gasteiger partial charge in [-0.3, -0.25) is 9.20 Å². The summed E-state index contributed by atoms with van der Waals surface area (Å²) in [4.78, 5) is 14.9. The molecule has 84 valence electrons. The van der Waals surface area contributed by atoms with Gasteiger partial charge in [0, 0.05) is 12.1 Å². The van der Waals surface area contributed by atoms with Crippen LogP contribution in [-0.4, -0.2) is 20.5 Å². The monoisotopic (exact) mass is 282 g/mol. The number of nitrogens with zero attached hydrogens (tertiary/aromatic N) is 2. The number of carboxylic acid groups (broad SMARTS) is 1. The molecule has 0 unspecified atom stereocenters. The van der Waals surface area contributed by atoms with Crippen LogP contribution >= 0.6 is 15.9 Å². The number of rotatable bonds is 3. The van der Waals surface area contributed by atoms with Crippen LogP contribution in [0.25, 0.3) is 5.52 Å². The maximum atomic E-state index is 10.6. The van der Waals surface area contributed by atoms with E-state index in [-0.39, 0.29) is 6.42 Å². The van der Waals surface area contributed by atoms with Gasteiger partial charge in [-0.2, -0.15) is 0 Å². The lowest BCUT2D eigenvalue weighted by atomic mass is 10.3. The largest absolute Gasteiger partial charge is 0.481 e. The first-order valence-corrected chi connectivity index (χ1v) is 5.73. The van der Waals surface area contributed by atoms with Crippen LogP contribution in [0.15, 0.2) is 22.8 Å². The fraction of sp³-hybridized carbons (Fsp3) is 0.273. The maximum Gasteiger partial charge on any atom is 0.303 e. The predicted molar refractivity (Wildman–Crippen MR) is 63.6 cm³/mol. The van der Waals surface area contributed by atoms with Gasteiger partial charge < -0.3 is 5.11 Å². The third-order valence-electron chi connectivity index (χ3n) is 2.44. The molecule has 16 heavy (non-hydrogen) atoms. The van der Waals surface area contributed by atoms with Gasteiger partial charge in [0.2, 0.25) is 0 Å². The van der Waals surface area contributed by atoms with E-state index in [1.54, 1.807) is 0 Å². The van der Waals surface area contributed by atoms with Gasteiger partial charge in [0.15, 0.2) is 0 Å². The highest BCUT2D eigenvalue weighted by Gasteiger charge is 2.11. The molecule has 0 saturated heterocycles. The molecule has 0 amide bonds. The van der Waals surface area contributed by atoms with Gasteiger partial charge in [0.05, 0.1) is 11.9 Å². The minimum absolute atomic E-state index is 0.0971. The molecule has 2 aromatic rings. The van der Waals surface area contributed by atoms with Crippen molar-refractivity contribution >= 4 is 27.4 Å². The lowest BCUT2D eigenvalue weighted by Crippen LogP contribution is -2.03. The highest BCUT2D eigenvalue weighted by molar-refractivity contribution is 9.10. The van der Waals surface area contributed by atoms with Crippen LogP contribution in [-0.2, 0) is 11.2 Å². The number of fused-ring (bicyclic) bond motifs is 1. The number of aliphatic carboxylic acids is 1. The standard InChI is InChI=1S/C11H11BrN2O2/c1-7-3-2-4-8-11(12)13-9(14(7)8)5-6-10(15)16/h2-4H,5-6H2,1H3,(H,15,16). The van der Waals surface area contributed by atoms with Crippen LogP contribution < -0.4 is 0 Å². The molecule has 0 bridgehead atoms. The number of hydrogen-bond acceptors (Lipinski definition) is 2. The molecule has 1 N–H and O–H groups in total. The van der Waals surface area contributed by atoms with Crippen molar-refractivity contribution in [3.05, 3.63) is 34.3 Å². The molecule has 0 spiro atoms. The molecule has 0 atom stereocenters. The summed E-state index contributed by atoms with van der Waals surface area (Å²) in [5.74, 6) is -0.0242. The van der Waals surface area contributed by atoms with E-state index < -0.39 is 5.97 Å². The van der Waals surface area contributed by atoms with E-state index in [1.807, 2.05) is 29.5 Å². The van der Waals surface area contributed by atoms with Crippen molar-refractivity contribution in [2.45, 2.75) is 19.8 Å². The Hall–Kier alpha value is -1.36. The van der Waals surface area contributed by atoms with Gasteiger partial charge >= 0.3 is 5.97 Å². The fourth-order valence-electron chi connectivity index (χ4n) is 1.73. The number of aryl methyl sites for hydroxylation is 2. The molecule has 0 aliphatic heterocycles. The number of imidazole rings is 1. The zero-order valence-corrected chi connectivity index (χ0v) is 10.4. The van der Waals surface area contributed by atoms with E-state index in [2.05, 4.69) is 20.9 Å². The first-order valence-electron chi connectivity index (χ1n) is 4.94. The Morgan fingerprint density at radius 3 is 3.00 bits per heavy atom. The van der Waals surface area contributed by atoms with Crippen LogP contribution in [0, 0.1) is 6.92 Å². The summed E-state index contributed by atoms with van der Waals surface area (Å²) in [6.07, 6.45) is 0.535. The fourth-order valence-corrected chi connectivity index (χ4v) is 2.24. The van der Waals surface area contributed by atoms with E-state index >= 15 is 0 Å². The van der Waals surface area contributed by atoms with Crippen molar-refractivity contribution in [1.82, 2.24) is 9.38 Å². The van der Waals surface area contributed by atoms with E-state index in [4.69, 9.17) is 5.11 Å². The molecule has 0 aliphatic rings. The van der Waals surface area contributed by atoms with Crippen molar-refractivity contribution in [2.75, 3.05) is 0 Å². The Bertz CT molecular complexity index is 548. The summed E-state index contributed by atoms with van der Waals surface area (Å²) in [7, 11) is 0. The van der Waals surface area contributed by atoms with E-state index in [0.717, 1.165) is 21.6 Å². The summed E-state index contributed by atoms with van der Waals surface area (Å²) < 4.78 is 2.74. The van der Waals surface area contributed by atoms with Crippen LogP contribution in [0.2, 0.25) is 0 Å². The zero-order valence-electron chi connectivity index (χ0n) is 8.77. The van der Waals surface area contributed by atoms with Gasteiger partial charge in [-0.15, -0.1) is 0 Å². The smallest absolute Gasteiger partial charge is 0.303 e. The van der Waals surface area contributed by atoms with Crippen molar-refractivity contribution in [3.8, 4) is 0 Å².